The van der Waals surface area contributed by atoms with Crippen molar-refractivity contribution in [3.63, 3.8) is 0 Å². The Morgan fingerprint density at radius 2 is 1.94 bits per heavy atom. The zero-order valence-corrected chi connectivity index (χ0v) is 11.3. The summed E-state index contributed by atoms with van der Waals surface area (Å²) < 4.78 is 5.22. The van der Waals surface area contributed by atoms with Crippen molar-refractivity contribution in [1.82, 2.24) is 10.1 Å². The molecule has 0 aliphatic carbocycles. The summed E-state index contributed by atoms with van der Waals surface area (Å²) in [4.78, 5) is 4.27. The minimum atomic E-state index is 0.220. The highest BCUT2D eigenvalue weighted by Crippen LogP contribution is 2.27. The van der Waals surface area contributed by atoms with Crippen LogP contribution in [0.5, 0.6) is 0 Å². The van der Waals surface area contributed by atoms with Crippen LogP contribution in [0.15, 0.2) is 28.8 Å². The molecule has 0 aliphatic rings. The van der Waals surface area contributed by atoms with Crippen molar-refractivity contribution in [3.8, 4) is 11.5 Å². The molecule has 0 bridgehead atoms. The normalized spacial score (nSPS) is 11.6. The highest BCUT2D eigenvalue weighted by molar-refractivity contribution is 5.72. The van der Waals surface area contributed by atoms with Crippen LogP contribution in [-0.4, -0.2) is 16.7 Å². The van der Waals surface area contributed by atoms with Crippen LogP contribution in [0.1, 0.15) is 26.6 Å². The van der Waals surface area contributed by atoms with Gasteiger partial charge in [0.15, 0.2) is 5.82 Å². The fraction of sp³-hybridized carbons (Fsp3) is 0.429. The van der Waals surface area contributed by atoms with E-state index >= 15 is 0 Å². The molecule has 0 unspecified atom stereocenters. The van der Waals surface area contributed by atoms with Gasteiger partial charge in [-0.2, -0.15) is 4.98 Å². The van der Waals surface area contributed by atoms with Gasteiger partial charge in [-0.1, -0.05) is 38.1 Å². The Bertz CT molecular complexity index is 526. The van der Waals surface area contributed by atoms with Gasteiger partial charge in [-0.25, -0.2) is 0 Å². The van der Waals surface area contributed by atoms with Gasteiger partial charge in [-0.05, 0) is 24.5 Å². The van der Waals surface area contributed by atoms with Crippen LogP contribution in [0.2, 0.25) is 0 Å². The zero-order valence-electron chi connectivity index (χ0n) is 11.3. The first kappa shape index (κ1) is 12.6. The lowest BCUT2D eigenvalue weighted by atomic mass is 9.96. The predicted octanol–water partition coefficient (Wildman–Crippen LogP) is 3.50. The van der Waals surface area contributed by atoms with Crippen molar-refractivity contribution in [2.75, 3.05) is 11.9 Å². The minimum Gasteiger partial charge on any atom is -0.384 e. The van der Waals surface area contributed by atoms with Crippen molar-refractivity contribution in [3.05, 3.63) is 30.1 Å². The summed E-state index contributed by atoms with van der Waals surface area (Å²) in [5.41, 5.74) is 2.19. The Balaban J connectivity index is 2.26. The van der Waals surface area contributed by atoms with E-state index in [2.05, 4.69) is 36.2 Å². The summed E-state index contributed by atoms with van der Waals surface area (Å²) in [6, 6.07) is 7.98. The molecule has 0 radical (unpaired) electrons. The van der Waals surface area contributed by atoms with Crippen LogP contribution in [0.4, 0.5) is 5.69 Å². The Morgan fingerprint density at radius 3 is 2.56 bits per heavy atom. The van der Waals surface area contributed by atoms with Crippen LogP contribution < -0.4 is 5.32 Å². The Kier molecular flexibility index (Phi) is 3.36. The second-order valence-electron chi connectivity index (χ2n) is 5.61. The highest BCUT2D eigenvalue weighted by atomic mass is 16.5. The summed E-state index contributed by atoms with van der Waals surface area (Å²) in [6.07, 6.45) is 0. The zero-order chi connectivity index (χ0) is 13.2. The molecule has 0 fully saturated rings. The van der Waals surface area contributed by atoms with Gasteiger partial charge >= 0.3 is 0 Å². The molecule has 2 rings (SSSR count). The van der Waals surface area contributed by atoms with Crippen LogP contribution in [-0.2, 0) is 0 Å². The standard InChI is InChI=1S/C14H19N3O/c1-10-16-13(18-17-10)11-7-5-6-8-12(11)15-9-14(2,3)4/h5-8,15H,9H2,1-4H3. The number of hydrogen-bond donors (Lipinski definition) is 1. The Labute approximate surface area is 107 Å². The lowest BCUT2D eigenvalue weighted by Gasteiger charge is -2.20. The van der Waals surface area contributed by atoms with Crippen LogP contribution in [0.3, 0.4) is 0 Å². The highest BCUT2D eigenvalue weighted by Gasteiger charge is 2.14. The summed E-state index contributed by atoms with van der Waals surface area (Å²) >= 11 is 0. The van der Waals surface area contributed by atoms with Crippen LogP contribution in [0.25, 0.3) is 11.5 Å². The summed E-state index contributed by atoms with van der Waals surface area (Å²) in [5.74, 6) is 1.21. The van der Waals surface area contributed by atoms with Gasteiger partial charge < -0.3 is 9.84 Å². The second kappa shape index (κ2) is 4.80. The van der Waals surface area contributed by atoms with Gasteiger partial charge in [0.2, 0.25) is 0 Å². The maximum Gasteiger partial charge on any atom is 0.260 e. The van der Waals surface area contributed by atoms with Gasteiger partial charge in [0.05, 0.1) is 5.56 Å². The number of rotatable bonds is 3. The molecule has 4 nitrogen and oxygen atoms in total. The molecule has 0 atom stereocenters. The van der Waals surface area contributed by atoms with Crippen molar-refractivity contribution >= 4 is 5.69 Å². The number of anilines is 1. The number of hydrogen-bond acceptors (Lipinski definition) is 4. The molecule has 1 aromatic carbocycles. The molecule has 18 heavy (non-hydrogen) atoms. The van der Waals surface area contributed by atoms with E-state index in [-0.39, 0.29) is 5.41 Å². The summed E-state index contributed by atoms with van der Waals surface area (Å²) in [7, 11) is 0. The fourth-order valence-electron chi connectivity index (χ4n) is 1.59. The molecule has 0 amide bonds. The van der Waals surface area contributed by atoms with Gasteiger partial charge in [-0.15, -0.1) is 0 Å². The second-order valence-corrected chi connectivity index (χ2v) is 5.61. The number of aryl methyl sites for hydroxylation is 1. The summed E-state index contributed by atoms with van der Waals surface area (Å²) in [5, 5.41) is 7.26. The largest absolute Gasteiger partial charge is 0.384 e. The minimum absolute atomic E-state index is 0.220. The van der Waals surface area contributed by atoms with E-state index in [0.717, 1.165) is 17.8 Å². The lowest BCUT2D eigenvalue weighted by molar-refractivity contribution is 0.425. The maximum atomic E-state index is 5.22. The fourth-order valence-corrected chi connectivity index (χ4v) is 1.59. The number of nitrogens with zero attached hydrogens (tertiary/aromatic N) is 2. The molecular formula is C14H19N3O. The first-order valence-electron chi connectivity index (χ1n) is 6.09. The van der Waals surface area contributed by atoms with E-state index in [1.165, 1.54) is 0 Å². The smallest absolute Gasteiger partial charge is 0.260 e. The quantitative estimate of drug-likeness (QED) is 0.899. The Hall–Kier alpha value is -1.84. The number of para-hydroxylation sites is 1. The lowest BCUT2D eigenvalue weighted by Crippen LogP contribution is -2.19. The van der Waals surface area contributed by atoms with Gasteiger partial charge in [0, 0.05) is 12.2 Å². The molecule has 0 saturated carbocycles. The van der Waals surface area contributed by atoms with Gasteiger partial charge in [0.25, 0.3) is 5.89 Å². The topological polar surface area (TPSA) is 51.0 Å². The van der Waals surface area contributed by atoms with Crippen molar-refractivity contribution < 1.29 is 4.52 Å². The molecule has 2 aromatic rings. The Morgan fingerprint density at radius 1 is 1.22 bits per heavy atom. The van der Waals surface area contributed by atoms with E-state index in [9.17, 15) is 0 Å². The molecule has 1 aromatic heterocycles. The molecule has 1 N–H and O–H groups in total. The SMILES string of the molecule is Cc1noc(-c2ccccc2NCC(C)(C)C)n1. The van der Waals surface area contributed by atoms with E-state index in [4.69, 9.17) is 4.52 Å². The number of aromatic nitrogens is 2. The number of benzene rings is 1. The molecule has 96 valence electrons. The monoisotopic (exact) mass is 245 g/mol. The van der Waals surface area contributed by atoms with E-state index in [1.807, 2.05) is 31.2 Å². The maximum absolute atomic E-state index is 5.22. The predicted molar refractivity (Wildman–Crippen MR) is 72.4 cm³/mol. The van der Waals surface area contributed by atoms with Gasteiger partial charge in [-0.3, -0.25) is 0 Å². The first-order valence-corrected chi connectivity index (χ1v) is 6.09. The van der Waals surface area contributed by atoms with Crippen LogP contribution >= 0.6 is 0 Å². The van der Waals surface area contributed by atoms with Crippen molar-refractivity contribution in [2.24, 2.45) is 5.41 Å². The van der Waals surface area contributed by atoms with E-state index in [1.54, 1.807) is 0 Å². The van der Waals surface area contributed by atoms with Crippen LogP contribution in [0, 0.1) is 12.3 Å². The van der Waals surface area contributed by atoms with Gasteiger partial charge in [0.1, 0.15) is 0 Å². The number of nitrogens with one attached hydrogen (secondary N) is 1. The average molecular weight is 245 g/mol. The van der Waals surface area contributed by atoms with Crippen molar-refractivity contribution in [1.29, 1.82) is 0 Å². The third-order valence-electron chi connectivity index (χ3n) is 2.49. The third kappa shape index (κ3) is 3.09. The molecule has 1 heterocycles. The van der Waals surface area contributed by atoms with E-state index < -0.39 is 0 Å². The molecule has 0 aliphatic heterocycles. The molecule has 4 heteroatoms. The van der Waals surface area contributed by atoms with E-state index in [0.29, 0.717) is 11.7 Å². The first-order chi connectivity index (χ1) is 8.46. The average Bonchev–Trinajstić information content (AvgIpc) is 2.72. The molecule has 0 spiro atoms. The molecular weight excluding hydrogens is 226 g/mol. The third-order valence-corrected chi connectivity index (χ3v) is 2.49. The molecule has 0 saturated heterocycles. The summed E-state index contributed by atoms with van der Waals surface area (Å²) in [6.45, 7) is 9.29. The van der Waals surface area contributed by atoms with Crippen molar-refractivity contribution in [2.45, 2.75) is 27.7 Å².